The van der Waals surface area contributed by atoms with E-state index in [4.69, 9.17) is 9.84 Å². The van der Waals surface area contributed by atoms with E-state index in [1.54, 1.807) is 6.21 Å². The first-order valence-corrected chi connectivity index (χ1v) is 10.6. The Morgan fingerprint density at radius 1 is 1.45 bits per heavy atom. The van der Waals surface area contributed by atoms with Crippen LogP contribution < -0.4 is 10.1 Å². The van der Waals surface area contributed by atoms with Gasteiger partial charge in [0.1, 0.15) is 17.6 Å². The molecule has 156 valence electrons. The molecule has 9 heteroatoms. The van der Waals surface area contributed by atoms with Crippen LogP contribution in [0, 0.1) is 5.92 Å². The zero-order valence-corrected chi connectivity index (χ0v) is 17.2. The highest BCUT2D eigenvalue weighted by molar-refractivity contribution is 8.15. The van der Waals surface area contributed by atoms with E-state index in [0.717, 1.165) is 48.6 Å². The average molecular weight is 419 g/mol. The number of carboxylic acid groups (broad SMARTS) is 1. The number of benzene rings is 1. The number of amides is 1. The first-order valence-electron chi connectivity index (χ1n) is 9.76. The van der Waals surface area contributed by atoms with Gasteiger partial charge in [0.15, 0.2) is 5.17 Å². The quantitative estimate of drug-likeness (QED) is 0.495. The van der Waals surface area contributed by atoms with Crippen LogP contribution in [0.15, 0.2) is 34.5 Å². The smallest absolute Gasteiger partial charge is 0.305 e. The van der Waals surface area contributed by atoms with Crippen molar-refractivity contribution in [1.29, 1.82) is 0 Å². The highest BCUT2D eigenvalue weighted by Crippen LogP contribution is 2.22. The Bertz CT molecular complexity index is 798. The SMILES string of the molecule is CC1CCCN(CCOc2ccccc2C=NN=C2NC(=O)C(CC(=O)O)S2)C1. The number of carboxylic acids is 1. The van der Waals surface area contributed by atoms with E-state index in [0.29, 0.717) is 11.8 Å². The Hall–Kier alpha value is -2.39. The highest BCUT2D eigenvalue weighted by atomic mass is 32.2. The molecule has 2 atom stereocenters. The summed E-state index contributed by atoms with van der Waals surface area (Å²) in [6, 6.07) is 7.58. The molecule has 2 N–H and O–H groups in total. The van der Waals surface area contributed by atoms with Crippen molar-refractivity contribution in [2.24, 2.45) is 16.1 Å². The van der Waals surface area contributed by atoms with Gasteiger partial charge in [0.05, 0.1) is 12.6 Å². The summed E-state index contributed by atoms with van der Waals surface area (Å²) in [5, 5.41) is 19.0. The zero-order valence-electron chi connectivity index (χ0n) is 16.4. The van der Waals surface area contributed by atoms with Crippen molar-refractivity contribution in [2.75, 3.05) is 26.2 Å². The molecular formula is C20H26N4O4S. The summed E-state index contributed by atoms with van der Waals surface area (Å²) in [7, 11) is 0. The van der Waals surface area contributed by atoms with Crippen LogP contribution in [0.25, 0.3) is 0 Å². The lowest BCUT2D eigenvalue weighted by atomic mass is 10.0. The van der Waals surface area contributed by atoms with Gasteiger partial charge in [-0.05, 0) is 37.4 Å². The van der Waals surface area contributed by atoms with Gasteiger partial charge in [0.2, 0.25) is 5.91 Å². The molecule has 2 saturated heterocycles. The number of amidine groups is 1. The summed E-state index contributed by atoms with van der Waals surface area (Å²) in [6.07, 6.45) is 3.87. The third-order valence-corrected chi connectivity index (χ3v) is 5.88. The number of hydrogen-bond donors (Lipinski definition) is 2. The van der Waals surface area contributed by atoms with Crippen LogP contribution in [-0.4, -0.2) is 64.8 Å². The number of para-hydroxylation sites is 1. The Morgan fingerprint density at radius 2 is 2.28 bits per heavy atom. The van der Waals surface area contributed by atoms with Crippen molar-refractivity contribution in [3.63, 3.8) is 0 Å². The molecule has 2 aliphatic heterocycles. The second-order valence-corrected chi connectivity index (χ2v) is 8.47. The van der Waals surface area contributed by atoms with Gasteiger partial charge in [-0.25, -0.2) is 0 Å². The number of carbonyl (C=O) groups excluding carboxylic acids is 1. The molecule has 2 aliphatic rings. The van der Waals surface area contributed by atoms with Gasteiger partial charge in [-0.1, -0.05) is 30.8 Å². The fourth-order valence-electron chi connectivity index (χ4n) is 3.38. The second kappa shape index (κ2) is 10.4. The number of nitrogens with one attached hydrogen (secondary N) is 1. The fourth-order valence-corrected chi connectivity index (χ4v) is 4.30. The van der Waals surface area contributed by atoms with Crippen molar-refractivity contribution in [3.8, 4) is 5.75 Å². The van der Waals surface area contributed by atoms with E-state index < -0.39 is 11.2 Å². The minimum atomic E-state index is -1.02. The Balaban J connectivity index is 1.53. The first kappa shape index (κ1) is 21.3. The van der Waals surface area contributed by atoms with Crippen LogP contribution in [0.4, 0.5) is 0 Å². The Kier molecular flexibility index (Phi) is 7.65. The molecule has 1 aromatic carbocycles. The van der Waals surface area contributed by atoms with Crippen molar-refractivity contribution in [1.82, 2.24) is 10.2 Å². The third-order valence-electron chi connectivity index (χ3n) is 4.81. The summed E-state index contributed by atoms with van der Waals surface area (Å²) < 4.78 is 5.95. The van der Waals surface area contributed by atoms with E-state index in [-0.39, 0.29) is 12.3 Å². The molecule has 0 spiro atoms. The molecule has 2 heterocycles. The molecule has 0 bridgehead atoms. The van der Waals surface area contributed by atoms with Gasteiger partial charge in [-0.2, -0.15) is 5.10 Å². The number of thioether (sulfide) groups is 1. The van der Waals surface area contributed by atoms with E-state index in [9.17, 15) is 9.59 Å². The molecule has 0 saturated carbocycles. The van der Waals surface area contributed by atoms with Crippen molar-refractivity contribution >= 4 is 35.0 Å². The van der Waals surface area contributed by atoms with Gasteiger partial charge in [0.25, 0.3) is 0 Å². The summed E-state index contributed by atoms with van der Waals surface area (Å²) in [5.74, 6) is 0.0919. The first-order chi connectivity index (χ1) is 14.0. The molecule has 0 aromatic heterocycles. The summed E-state index contributed by atoms with van der Waals surface area (Å²) in [5.41, 5.74) is 0.792. The number of hydrogen-bond acceptors (Lipinski definition) is 7. The number of piperidine rings is 1. The van der Waals surface area contributed by atoms with Crippen LogP contribution >= 0.6 is 11.8 Å². The minimum absolute atomic E-state index is 0.244. The summed E-state index contributed by atoms with van der Waals surface area (Å²) in [6.45, 7) is 6.03. The molecule has 29 heavy (non-hydrogen) atoms. The molecule has 1 aromatic rings. The third kappa shape index (κ3) is 6.57. The normalized spacial score (nSPS) is 24.2. The number of carbonyl (C=O) groups is 2. The standard InChI is InChI=1S/C20H26N4O4S/c1-14-5-4-8-24(13-14)9-10-28-16-7-3-2-6-15(16)12-21-23-20-22-19(27)17(29-20)11-18(25)26/h2-3,6-7,12,14,17H,4-5,8-11,13H2,1H3,(H,25,26)(H,22,23,27). The predicted octanol–water partition coefficient (Wildman–Crippen LogP) is 2.19. The van der Waals surface area contributed by atoms with Crippen LogP contribution in [0.3, 0.4) is 0 Å². The number of nitrogens with zero attached hydrogens (tertiary/aromatic N) is 3. The number of aliphatic carboxylic acids is 1. The molecule has 0 radical (unpaired) electrons. The van der Waals surface area contributed by atoms with E-state index in [2.05, 4.69) is 27.3 Å². The monoisotopic (exact) mass is 418 g/mol. The average Bonchev–Trinajstić information content (AvgIpc) is 3.02. The van der Waals surface area contributed by atoms with Gasteiger partial charge in [-0.3, -0.25) is 14.5 Å². The van der Waals surface area contributed by atoms with Gasteiger partial charge in [0, 0.05) is 18.7 Å². The lowest BCUT2D eigenvalue weighted by molar-refractivity contribution is -0.138. The number of rotatable bonds is 8. The lowest BCUT2D eigenvalue weighted by Gasteiger charge is -2.30. The van der Waals surface area contributed by atoms with Gasteiger partial charge in [-0.15, -0.1) is 5.10 Å². The molecule has 3 rings (SSSR count). The summed E-state index contributed by atoms with van der Waals surface area (Å²) in [4.78, 5) is 24.9. The topological polar surface area (TPSA) is 104 Å². The molecule has 1 amide bonds. The zero-order chi connectivity index (χ0) is 20.6. The van der Waals surface area contributed by atoms with E-state index >= 15 is 0 Å². The van der Waals surface area contributed by atoms with Crippen LogP contribution in [-0.2, 0) is 9.59 Å². The maximum absolute atomic E-state index is 11.7. The van der Waals surface area contributed by atoms with E-state index in [1.165, 1.54) is 12.8 Å². The lowest BCUT2D eigenvalue weighted by Crippen LogP contribution is -2.37. The summed E-state index contributed by atoms with van der Waals surface area (Å²) >= 11 is 1.07. The maximum atomic E-state index is 11.7. The van der Waals surface area contributed by atoms with Gasteiger partial charge >= 0.3 is 5.97 Å². The Morgan fingerprint density at radius 3 is 3.07 bits per heavy atom. The molecular weight excluding hydrogens is 392 g/mol. The minimum Gasteiger partial charge on any atom is -0.492 e. The van der Waals surface area contributed by atoms with Crippen molar-refractivity contribution in [3.05, 3.63) is 29.8 Å². The molecule has 2 unspecified atom stereocenters. The van der Waals surface area contributed by atoms with Crippen LogP contribution in [0.5, 0.6) is 5.75 Å². The molecule has 0 aliphatic carbocycles. The maximum Gasteiger partial charge on any atom is 0.305 e. The number of ether oxygens (including phenoxy) is 1. The largest absolute Gasteiger partial charge is 0.492 e. The van der Waals surface area contributed by atoms with Crippen molar-refractivity contribution in [2.45, 2.75) is 31.4 Å². The fraction of sp³-hybridized carbons (Fsp3) is 0.500. The van der Waals surface area contributed by atoms with E-state index in [1.807, 2.05) is 24.3 Å². The number of likely N-dealkylation sites (tertiary alicyclic amines) is 1. The van der Waals surface area contributed by atoms with Crippen LogP contribution in [0.1, 0.15) is 31.7 Å². The van der Waals surface area contributed by atoms with Gasteiger partial charge < -0.3 is 15.2 Å². The molecule has 2 fully saturated rings. The predicted molar refractivity (Wildman–Crippen MR) is 114 cm³/mol. The highest BCUT2D eigenvalue weighted by Gasteiger charge is 2.32. The second-order valence-electron chi connectivity index (χ2n) is 7.28. The van der Waals surface area contributed by atoms with Crippen LogP contribution in [0.2, 0.25) is 0 Å². The van der Waals surface area contributed by atoms with Crippen molar-refractivity contribution < 1.29 is 19.4 Å². The Labute approximate surface area is 174 Å². The molecule has 8 nitrogen and oxygen atoms in total.